The number of hydrogen-bond acceptors (Lipinski definition) is 3. The highest BCUT2D eigenvalue weighted by Gasteiger charge is 2.28. The third-order valence-corrected chi connectivity index (χ3v) is 7.22. The van der Waals surface area contributed by atoms with Gasteiger partial charge in [0.1, 0.15) is 0 Å². The maximum atomic E-state index is 12.9. The molecule has 0 N–H and O–H groups in total. The standard InChI is InChI=1S/C22H30N2O2S/c1-5-18-6-12-21(13-7-18)27(25,26)24-16-14-23(15-17-24)20-10-8-19(9-11-20)22(2,3)4/h6-13H,5,14-17H2,1-4H3. The molecule has 1 heterocycles. The van der Waals surface area contributed by atoms with Gasteiger partial charge in [-0.1, -0.05) is 52.0 Å². The van der Waals surface area contributed by atoms with Crippen molar-refractivity contribution in [1.29, 1.82) is 0 Å². The van der Waals surface area contributed by atoms with Gasteiger partial charge in [-0.2, -0.15) is 4.31 Å². The Bertz CT molecular complexity index is 858. The van der Waals surface area contributed by atoms with Gasteiger partial charge in [-0.25, -0.2) is 8.42 Å². The lowest BCUT2D eigenvalue weighted by atomic mass is 9.87. The van der Waals surface area contributed by atoms with E-state index < -0.39 is 10.0 Å². The Morgan fingerprint density at radius 3 is 1.89 bits per heavy atom. The van der Waals surface area contributed by atoms with Crippen molar-refractivity contribution < 1.29 is 8.42 Å². The highest BCUT2D eigenvalue weighted by Crippen LogP contribution is 2.26. The first-order chi connectivity index (χ1) is 12.7. The minimum Gasteiger partial charge on any atom is -0.369 e. The topological polar surface area (TPSA) is 40.6 Å². The van der Waals surface area contributed by atoms with Gasteiger partial charge >= 0.3 is 0 Å². The molecule has 0 aromatic heterocycles. The Morgan fingerprint density at radius 1 is 0.852 bits per heavy atom. The second kappa shape index (κ2) is 7.64. The van der Waals surface area contributed by atoms with Crippen LogP contribution in [0.4, 0.5) is 5.69 Å². The van der Waals surface area contributed by atoms with Crippen LogP contribution in [-0.2, 0) is 21.9 Å². The molecular formula is C22H30N2O2S. The lowest BCUT2D eigenvalue weighted by Gasteiger charge is -2.35. The summed E-state index contributed by atoms with van der Waals surface area (Å²) < 4.78 is 27.4. The van der Waals surface area contributed by atoms with Crippen molar-refractivity contribution >= 4 is 15.7 Å². The van der Waals surface area contributed by atoms with Gasteiger partial charge in [0.15, 0.2) is 0 Å². The second-order valence-electron chi connectivity index (χ2n) is 8.19. The van der Waals surface area contributed by atoms with Crippen LogP contribution in [0.25, 0.3) is 0 Å². The molecule has 0 bridgehead atoms. The normalized spacial score (nSPS) is 16.5. The molecule has 0 radical (unpaired) electrons. The molecule has 4 nitrogen and oxygen atoms in total. The molecule has 2 aromatic carbocycles. The van der Waals surface area contributed by atoms with E-state index in [0.29, 0.717) is 31.1 Å². The summed E-state index contributed by atoms with van der Waals surface area (Å²) in [5.74, 6) is 0. The molecule has 1 saturated heterocycles. The molecule has 1 aliphatic heterocycles. The second-order valence-corrected chi connectivity index (χ2v) is 10.1. The molecule has 0 atom stereocenters. The summed E-state index contributed by atoms with van der Waals surface area (Å²) in [6.07, 6.45) is 0.910. The van der Waals surface area contributed by atoms with Crippen molar-refractivity contribution in [3.63, 3.8) is 0 Å². The van der Waals surface area contributed by atoms with Crippen LogP contribution in [0.2, 0.25) is 0 Å². The molecule has 0 spiro atoms. The van der Waals surface area contributed by atoms with Crippen LogP contribution >= 0.6 is 0 Å². The van der Waals surface area contributed by atoms with Gasteiger partial charge < -0.3 is 4.90 Å². The maximum Gasteiger partial charge on any atom is 0.243 e. The predicted octanol–water partition coefficient (Wildman–Crippen LogP) is 4.06. The van der Waals surface area contributed by atoms with E-state index in [1.165, 1.54) is 5.56 Å². The van der Waals surface area contributed by atoms with Crippen molar-refractivity contribution in [2.45, 2.75) is 44.4 Å². The van der Waals surface area contributed by atoms with Crippen LogP contribution in [0, 0.1) is 0 Å². The summed E-state index contributed by atoms with van der Waals surface area (Å²) in [5.41, 5.74) is 3.76. The van der Waals surface area contributed by atoms with Gasteiger partial charge in [-0.05, 0) is 47.2 Å². The van der Waals surface area contributed by atoms with E-state index in [-0.39, 0.29) is 5.41 Å². The summed E-state index contributed by atoms with van der Waals surface area (Å²) in [5, 5.41) is 0. The Morgan fingerprint density at radius 2 is 1.41 bits per heavy atom. The zero-order valence-corrected chi connectivity index (χ0v) is 17.6. The molecular weight excluding hydrogens is 356 g/mol. The molecule has 1 fully saturated rings. The third-order valence-electron chi connectivity index (χ3n) is 5.31. The Balaban J connectivity index is 1.67. The minimum atomic E-state index is -3.41. The summed E-state index contributed by atoms with van der Waals surface area (Å²) in [6, 6.07) is 15.9. The van der Waals surface area contributed by atoms with E-state index in [2.05, 4.69) is 56.9 Å². The fourth-order valence-corrected chi connectivity index (χ4v) is 4.83. The molecule has 1 aliphatic rings. The van der Waals surface area contributed by atoms with Crippen LogP contribution in [-0.4, -0.2) is 38.9 Å². The minimum absolute atomic E-state index is 0.138. The van der Waals surface area contributed by atoms with E-state index in [9.17, 15) is 8.42 Å². The summed E-state index contributed by atoms with van der Waals surface area (Å²) >= 11 is 0. The zero-order chi connectivity index (χ0) is 19.7. The Kier molecular flexibility index (Phi) is 5.63. The zero-order valence-electron chi connectivity index (χ0n) is 16.8. The molecule has 0 amide bonds. The van der Waals surface area contributed by atoms with Crippen LogP contribution in [0.15, 0.2) is 53.4 Å². The average Bonchev–Trinajstić information content (AvgIpc) is 2.67. The van der Waals surface area contributed by atoms with Crippen LogP contribution < -0.4 is 4.90 Å². The van der Waals surface area contributed by atoms with Gasteiger partial charge in [-0.15, -0.1) is 0 Å². The van der Waals surface area contributed by atoms with E-state index >= 15 is 0 Å². The molecule has 0 unspecified atom stereocenters. The SMILES string of the molecule is CCc1ccc(S(=O)(=O)N2CCN(c3ccc(C(C)(C)C)cc3)CC2)cc1. The van der Waals surface area contributed by atoms with Crippen LogP contribution in [0.5, 0.6) is 0 Å². The lowest BCUT2D eigenvalue weighted by molar-refractivity contribution is 0.385. The van der Waals surface area contributed by atoms with E-state index in [0.717, 1.165) is 17.7 Å². The lowest BCUT2D eigenvalue weighted by Crippen LogP contribution is -2.48. The monoisotopic (exact) mass is 386 g/mol. The number of piperazine rings is 1. The molecule has 5 heteroatoms. The van der Waals surface area contributed by atoms with E-state index in [1.54, 1.807) is 16.4 Å². The first-order valence-electron chi connectivity index (χ1n) is 9.66. The Labute approximate surface area is 163 Å². The first-order valence-corrected chi connectivity index (χ1v) is 11.1. The number of hydrogen-bond donors (Lipinski definition) is 0. The van der Waals surface area contributed by atoms with Crippen molar-refractivity contribution in [3.05, 3.63) is 59.7 Å². The number of sulfonamides is 1. The van der Waals surface area contributed by atoms with Crippen molar-refractivity contribution in [3.8, 4) is 0 Å². The van der Waals surface area contributed by atoms with Gasteiger partial charge in [0.2, 0.25) is 10.0 Å². The number of aryl methyl sites for hydroxylation is 1. The predicted molar refractivity (Wildman–Crippen MR) is 112 cm³/mol. The molecule has 0 aliphatic carbocycles. The van der Waals surface area contributed by atoms with Crippen molar-refractivity contribution in [1.82, 2.24) is 4.31 Å². The first kappa shape index (κ1) is 19.9. The van der Waals surface area contributed by atoms with Gasteiger partial charge in [0.25, 0.3) is 0 Å². The fourth-order valence-electron chi connectivity index (χ4n) is 3.41. The van der Waals surface area contributed by atoms with Gasteiger partial charge in [-0.3, -0.25) is 0 Å². The van der Waals surface area contributed by atoms with Crippen LogP contribution in [0.1, 0.15) is 38.8 Å². The summed E-state index contributed by atoms with van der Waals surface area (Å²) in [4.78, 5) is 2.65. The largest absolute Gasteiger partial charge is 0.369 e. The van der Waals surface area contributed by atoms with E-state index in [1.807, 2.05) is 12.1 Å². The number of anilines is 1. The highest BCUT2D eigenvalue weighted by atomic mass is 32.2. The number of benzene rings is 2. The maximum absolute atomic E-state index is 12.9. The molecule has 2 aromatic rings. The van der Waals surface area contributed by atoms with Crippen molar-refractivity contribution in [2.75, 3.05) is 31.1 Å². The number of nitrogens with zero attached hydrogens (tertiary/aromatic N) is 2. The van der Waals surface area contributed by atoms with E-state index in [4.69, 9.17) is 0 Å². The fraction of sp³-hybridized carbons (Fsp3) is 0.455. The number of rotatable bonds is 4. The van der Waals surface area contributed by atoms with Gasteiger partial charge in [0, 0.05) is 31.9 Å². The molecule has 146 valence electrons. The highest BCUT2D eigenvalue weighted by molar-refractivity contribution is 7.89. The smallest absolute Gasteiger partial charge is 0.243 e. The quantitative estimate of drug-likeness (QED) is 0.796. The average molecular weight is 387 g/mol. The molecule has 0 saturated carbocycles. The van der Waals surface area contributed by atoms with Gasteiger partial charge in [0.05, 0.1) is 4.90 Å². The summed E-state index contributed by atoms with van der Waals surface area (Å²) in [6.45, 7) is 11.1. The van der Waals surface area contributed by atoms with Crippen molar-refractivity contribution in [2.24, 2.45) is 0 Å². The van der Waals surface area contributed by atoms with Crippen LogP contribution in [0.3, 0.4) is 0 Å². The third kappa shape index (κ3) is 4.36. The molecule has 3 rings (SSSR count). The Hall–Kier alpha value is -1.85. The molecule has 27 heavy (non-hydrogen) atoms. The summed E-state index contributed by atoms with van der Waals surface area (Å²) in [7, 11) is -3.41.